The first-order valence-electron chi connectivity index (χ1n) is 8.19. The maximum atomic E-state index is 12.9. The summed E-state index contributed by atoms with van der Waals surface area (Å²) < 4.78 is 12.9. The monoisotopic (exact) mass is 354 g/mol. The zero-order valence-corrected chi connectivity index (χ0v) is 14.8. The number of rotatable bonds is 6. The third-order valence-corrected chi connectivity index (χ3v) is 4.82. The van der Waals surface area contributed by atoms with Crippen LogP contribution in [0.15, 0.2) is 53.9 Å². The summed E-state index contributed by atoms with van der Waals surface area (Å²) in [6.45, 7) is 2.56. The lowest BCUT2D eigenvalue weighted by molar-refractivity contribution is -0.120. The fraction of sp³-hybridized carbons (Fsp3) is 0.200. The minimum atomic E-state index is -0.296. The molecule has 0 radical (unpaired) electrons. The third-order valence-electron chi connectivity index (χ3n) is 3.88. The number of nitrogens with zero attached hydrogens (tertiary/aromatic N) is 1. The number of amides is 1. The first-order valence-corrected chi connectivity index (χ1v) is 9.07. The van der Waals surface area contributed by atoms with Gasteiger partial charge in [-0.2, -0.15) is 0 Å². The van der Waals surface area contributed by atoms with Crippen LogP contribution in [-0.2, 0) is 24.2 Å². The molecular weight excluding hydrogens is 335 g/mol. The van der Waals surface area contributed by atoms with Crippen molar-refractivity contribution in [3.05, 3.63) is 76.5 Å². The molecule has 5 heteroatoms. The number of aromatic nitrogens is 1. The van der Waals surface area contributed by atoms with E-state index in [1.54, 1.807) is 23.5 Å². The summed E-state index contributed by atoms with van der Waals surface area (Å²) in [5.41, 5.74) is 4.02. The van der Waals surface area contributed by atoms with Crippen LogP contribution in [0, 0.1) is 5.82 Å². The summed E-state index contributed by atoms with van der Waals surface area (Å²) >= 11 is 1.65. The molecule has 1 N–H and O–H groups in total. The molecule has 128 valence electrons. The number of hydrogen-bond donors (Lipinski definition) is 1. The summed E-state index contributed by atoms with van der Waals surface area (Å²) in [7, 11) is 0. The number of hydrogen-bond acceptors (Lipinski definition) is 3. The lowest BCUT2D eigenvalue weighted by Crippen LogP contribution is -2.24. The molecule has 0 aliphatic carbocycles. The van der Waals surface area contributed by atoms with E-state index in [2.05, 4.69) is 22.6 Å². The van der Waals surface area contributed by atoms with Crippen LogP contribution in [0.3, 0.4) is 0 Å². The van der Waals surface area contributed by atoms with Gasteiger partial charge in [-0.15, -0.1) is 11.3 Å². The van der Waals surface area contributed by atoms with Gasteiger partial charge in [0.05, 0.1) is 12.1 Å². The standard InChI is InChI=1S/C20H19FN2OS/c1-2-18-13-25-20(23-18)16-7-3-15(4-8-16)12-22-19(24)11-14-5-9-17(21)10-6-14/h3-10,13H,2,11-12H2,1H3,(H,22,24). The van der Waals surface area contributed by atoms with Gasteiger partial charge in [-0.25, -0.2) is 9.37 Å². The molecule has 2 aromatic carbocycles. The van der Waals surface area contributed by atoms with Crippen molar-refractivity contribution in [1.82, 2.24) is 10.3 Å². The molecule has 1 amide bonds. The molecule has 3 aromatic rings. The molecule has 0 saturated heterocycles. The Labute approximate surface area is 150 Å². The van der Waals surface area contributed by atoms with E-state index in [1.807, 2.05) is 24.3 Å². The summed E-state index contributed by atoms with van der Waals surface area (Å²) in [5, 5.41) is 5.99. The molecular formula is C20H19FN2OS. The highest BCUT2D eigenvalue weighted by molar-refractivity contribution is 7.13. The number of carbonyl (C=O) groups excluding carboxylic acids is 1. The Balaban J connectivity index is 1.54. The normalized spacial score (nSPS) is 10.6. The number of carbonyl (C=O) groups is 1. The Morgan fingerprint density at radius 2 is 1.76 bits per heavy atom. The Hall–Kier alpha value is -2.53. The smallest absolute Gasteiger partial charge is 0.224 e. The summed E-state index contributed by atoms with van der Waals surface area (Å²) in [5.74, 6) is -0.376. The molecule has 0 aliphatic heterocycles. The highest BCUT2D eigenvalue weighted by atomic mass is 32.1. The number of thiazole rings is 1. The predicted octanol–water partition coefficient (Wildman–Crippen LogP) is 4.37. The van der Waals surface area contributed by atoms with Crippen molar-refractivity contribution in [1.29, 1.82) is 0 Å². The first-order chi connectivity index (χ1) is 12.1. The number of nitrogens with one attached hydrogen (secondary N) is 1. The van der Waals surface area contributed by atoms with E-state index in [-0.39, 0.29) is 18.1 Å². The molecule has 0 bridgehead atoms. The van der Waals surface area contributed by atoms with Gasteiger partial charge in [-0.05, 0) is 29.7 Å². The van der Waals surface area contributed by atoms with Gasteiger partial charge in [0.25, 0.3) is 0 Å². The van der Waals surface area contributed by atoms with Gasteiger partial charge in [-0.1, -0.05) is 43.3 Å². The Morgan fingerprint density at radius 1 is 1.08 bits per heavy atom. The summed E-state index contributed by atoms with van der Waals surface area (Å²) in [6, 6.07) is 14.0. The zero-order chi connectivity index (χ0) is 17.6. The molecule has 3 nitrogen and oxygen atoms in total. The van der Waals surface area contributed by atoms with E-state index in [0.717, 1.165) is 33.8 Å². The maximum Gasteiger partial charge on any atom is 0.224 e. The van der Waals surface area contributed by atoms with Crippen molar-refractivity contribution >= 4 is 17.2 Å². The van der Waals surface area contributed by atoms with Crippen LogP contribution >= 0.6 is 11.3 Å². The highest BCUT2D eigenvalue weighted by Gasteiger charge is 2.06. The van der Waals surface area contributed by atoms with Crippen molar-refractivity contribution < 1.29 is 9.18 Å². The van der Waals surface area contributed by atoms with E-state index in [9.17, 15) is 9.18 Å². The maximum absolute atomic E-state index is 12.9. The van der Waals surface area contributed by atoms with Gasteiger partial charge < -0.3 is 5.32 Å². The minimum Gasteiger partial charge on any atom is -0.352 e. The average Bonchev–Trinajstić information content (AvgIpc) is 3.12. The van der Waals surface area contributed by atoms with E-state index >= 15 is 0 Å². The van der Waals surface area contributed by atoms with Crippen LogP contribution < -0.4 is 5.32 Å². The molecule has 3 rings (SSSR count). The van der Waals surface area contributed by atoms with Crippen LogP contribution in [0.1, 0.15) is 23.7 Å². The summed E-state index contributed by atoms with van der Waals surface area (Å²) in [6.07, 6.45) is 1.19. The van der Waals surface area contributed by atoms with E-state index < -0.39 is 0 Å². The van der Waals surface area contributed by atoms with Crippen molar-refractivity contribution in [2.45, 2.75) is 26.3 Å². The Morgan fingerprint density at radius 3 is 2.40 bits per heavy atom. The minimum absolute atomic E-state index is 0.0804. The Kier molecular flexibility index (Phi) is 5.56. The largest absolute Gasteiger partial charge is 0.352 e. The van der Waals surface area contributed by atoms with Gasteiger partial charge in [0, 0.05) is 17.5 Å². The molecule has 0 unspecified atom stereocenters. The first kappa shape index (κ1) is 17.3. The molecule has 1 aromatic heterocycles. The number of halogens is 1. The predicted molar refractivity (Wildman–Crippen MR) is 98.9 cm³/mol. The fourth-order valence-electron chi connectivity index (χ4n) is 2.42. The van der Waals surface area contributed by atoms with Crippen LogP contribution in [-0.4, -0.2) is 10.9 Å². The molecule has 0 fully saturated rings. The lowest BCUT2D eigenvalue weighted by atomic mass is 10.1. The van der Waals surface area contributed by atoms with Crippen LogP contribution in [0.25, 0.3) is 10.6 Å². The molecule has 0 spiro atoms. The van der Waals surface area contributed by atoms with Crippen LogP contribution in [0.5, 0.6) is 0 Å². The van der Waals surface area contributed by atoms with Crippen molar-refractivity contribution in [2.75, 3.05) is 0 Å². The van der Waals surface area contributed by atoms with Gasteiger partial charge in [0.1, 0.15) is 10.8 Å². The van der Waals surface area contributed by atoms with Gasteiger partial charge in [-0.3, -0.25) is 4.79 Å². The SMILES string of the molecule is CCc1csc(-c2ccc(CNC(=O)Cc3ccc(F)cc3)cc2)n1. The topological polar surface area (TPSA) is 42.0 Å². The number of aryl methyl sites for hydroxylation is 1. The van der Waals surface area contributed by atoms with Crippen molar-refractivity contribution in [3.63, 3.8) is 0 Å². The molecule has 0 saturated carbocycles. The quantitative estimate of drug-likeness (QED) is 0.714. The fourth-order valence-corrected chi connectivity index (χ4v) is 3.33. The van der Waals surface area contributed by atoms with E-state index in [1.165, 1.54) is 12.1 Å². The molecule has 0 aliphatic rings. The van der Waals surface area contributed by atoms with Crippen molar-refractivity contribution in [3.8, 4) is 10.6 Å². The van der Waals surface area contributed by atoms with Gasteiger partial charge in [0.2, 0.25) is 5.91 Å². The molecule has 1 heterocycles. The average molecular weight is 354 g/mol. The zero-order valence-electron chi connectivity index (χ0n) is 14.0. The van der Waals surface area contributed by atoms with Crippen molar-refractivity contribution in [2.24, 2.45) is 0 Å². The third kappa shape index (κ3) is 4.73. The van der Waals surface area contributed by atoms with E-state index in [4.69, 9.17) is 0 Å². The van der Waals surface area contributed by atoms with Crippen LogP contribution in [0.2, 0.25) is 0 Å². The number of benzene rings is 2. The second-order valence-corrected chi connectivity index (χ2v) is 6.63. The second-order valence-electron chi connectivity index (χ2n) is 5.77. The van der Waals surface area contributed by atoms with Crippen LogP contribution in [0.4, 0.5) is 4.39 Å². The second kappa shape index (κ2) is 8.03. The van der Waals surface area contributed by atoms with Gasteiger partial charge >= 0.3 is 0 Å². The summed E-state index contributed by atoms with van der Waals surface area (Å²) in [4.78, 5) is 16.6. The lowest BCUT2D eigenvalue weighted by Gasteiger charge is -2.06. The molecule has 25 heavy (non-hydrogen) atoms. The Bertz CT molecular complexity index is 841. The van der Waals surface area contributed by atoms with E-state index in [0.29, 0.717) is 6.54 Å². The highest BCUT2D eigenvalue weighted by Crippen LogP contribution is 2.24. The molecule has 0 atom stereocenters. The van der Waals surface area contributed by atoms with Gasteiger partial charge in [0.15, 0.2) is 0 Å².